The van der Waals surface area contributed by atoms with E-state index in [1.165, 1.54) is 0 Å². The zero-order valence-corrected chi connectivity index (χ0v) is 12.2. The first kappa shape index (κ1) is 15.2. The van der Waals surface area contributed by atoms with E-state index in [1.54, 1.807) is 12.4 Å². The molecule has 0 fully saturated rings. The third kappa shape index (κ3) is 4.77. The van der Waals surface area contributed by atoms with Crippen molar-refractivity contribution in [1.29, 1.82) is 0 Å². The molecule has 2 nitrogen and oxygen atoms in total. The van der Waals surface area contributed by atoms with Crippen LogP contribution in [0.5, 0.6) is 0 Å². The molecule has 0 amide bonds. The van der Waals surface area contributed by atoms with Gasteiger partial charge in [-0.05, 0) is 43.6 Å². The van der Waals surface area contributed by atoms with Crippen LogP contribution in [0.15, 0.2) is 24.5 Å². The van der Waals surface area contributed by atoms with E-state index in [-0.39, 0.29) is 0 Å². The number of aromatic nitrogens is 1. The molecule has 0 atom stereocenters. The van der Waals surface area contributed by atoms with Gasteiger partial charge in [-0.2, -0.15) is 0 Å². The minimum atomic E-state index is -0.706. The lowest BCUT2D eigenvalue weighted by Crippen LogP contribution is -2.27. The van der Waals surface area contributed by atoms with Gasteiger partial charge in [-0.25, -0.2) is 0 Å². The van der Waals surface area contributed by atoms with E-state index in [0.29, 0.717) is 11.8 Å². The minimum absolute atomic E-state index is 0.618. The fraction of sp³-hybridized carbons (Fsp3) is 0.688. The third-order valence-corrected chi connectivity index (χ3v) is 3.47. The molecule has 2 heteroatoms. The number of nitrogens with zero attached hydrogens (tertiary/aromatic N) is 1. The van der Waals surface area contributed by atoms with E-state index in [2.05, 4.69) is 32.7 Å². The fourth-order valence-electron chi connectivity index (χ4n) is 2.11. The molecule has 0 bridgehead atoms. The molecule has 1 heterocycles. The van der Waals surface area contributed by atoms with Crippen LogP contribution in [0.25, 0.3) is 0 Å². The number of pyridine rings is 1. The van der Waals surface area contributed by atoms with Gasteiger partial charge >= 0.3 is 0 Å². The second-order valence-corrected chi connectivity index (χ2v) is 6.14. The lowest BCUT2D eigenvalue weighted by atomic mass is 9.82. The molecule has 0 spiro atoms. The molecule has 0 radical (unpaired) electrons. The molecule has 0 aliphatic heterocycles. The van der Waals surface area contributed by atoms with Crippen LogP contribution in [0.2, 0.25) is 0 Å². The first-order valence-corrected chi connectivity index (χ1v) is 7.07. The van der Waals surface area contributed by atoms with E-state index in [1.807, 2.05) is 12.1 Å². The average molecular weight is 249 g/mol. The summed E-state index contributed by atoms with van der Waals surface area (Å²) >= 11 is 0. The molecular formula is C16H27NO. The Morgan fingerprint density at radius 1 is 1.11 bits per heavy atom. The molecule has 1 aromatic heterocycles. The molecule has 0 aliphatic rings. The van der Waals surface area contributed by atoms with E-state index < -0.39 is 5.60 Å². The van der Waals surface area contributed by atoms with Gasteiger partial charge in [-0.15, -0.1) is 0 Å². The minimum Gasteiger partial charge on any atom is -0.385 e. The highest BCUT2D eigenvalue weighted by Gasteiger charge is 2.29. The molecule has 18 heavy (non-hydrogen) atoms. The summed E-state index contributed by atoms with van der Waals surface area (Å²) < 4.78 is 0. The van der Waals surface area contributed by atoms with Gasteiger partial charge in [0.15, 0.2) is 0 Å². The van der Waals surface area contributed by atoms with Crippen molar-refractivity contribution >= 4 is 0 Å². The fourth-order valence-corrected chi connectivity index (χ4v) is 2.11. The molecule has 0 aliphatic carbocycles. The Kier molecular flexibility index (Phi) is 5.80. The SMILES string of the molecule is CC(C)CCC(O)(CCC(C)C)c1cccnc1. The van der Waals surface area contributed by atoms with Gasteiger partial charge < -0.3 is 5.11 Å². The molecule has 0 saturated carbocycles. The summed E-state index contributed by atoms with van der Waals surface area (Å²) in [5.74, 6) is 1.24. The average Bonchev–Trinajstić information content (AvgIpc) is 2.35. The molecule has 0 saturated heterocycles. The molecule has 0 aromatic carbocycles. The lowest BCUT2D eigenvalue weighted by molar-refractivity contribution is 0.00813. The van der Waals surface area contributed by atoms with Crippen molar-refractivity contribution in [2.45, 2.75) is 59.0 Å². The Balaban J connectivity index is 2.79. The van der Waals surface area contributed by atoms with Gasteiger partial charge in [0.25, 0.3) is 0 Å². The quantitative estimate of drug-likeness (QED) is 0.787. The second kappa shape index (κ2) is 6.89. The number of hydrogen-bond donors (Lipinski definition) is 1. The van der Waals surface area contributed by atoms with Crippen LogP contribution in [-0.2, 0) is 5.60 Å². The normalized spacial score (nSPS) is 12.4. The maximum Gasteiger partial charge on any atom is 0.0911 e. The maximum absolute atomic E-state index is 10.9. The van der Waals surface area contributed by atoms with Crippen LogP contribution in [-0.4, -0.2) is 10.1 Å². The summed E-state index contributed by atoms with van der Waals surface area (Å²) in [5, 5.41) is 10.9. The van der Waals surface area contributed by atoms with Crippen LogP contribution in [0, 0.1) is 11.8 Å². The van der Waals surface area contributed by atoms with Gasteiger partial charge in [0, 0.05) is 18.0 Å². The first-order valence-electron chi connectivity index (χ1n) is 7.07. The van der Waals surface area contributed by atoms with Crippen LogP contribution in [0.3, 0.4) is 0 Å². The highest BCUT2D eigenvalue weighted by atomic mass is 16.3. The van der Waals surface area contributed by atoms with E-state index in [4.69, 9.17) is 0 Å². The Hall–Kier alpha value is -0.890. The van der Waals surface area contributed by atoms with Gasteiger partial charge in [0.1, 0.15) is 0 Å². The second-order valence-electron chi connectivity index (χ2n) is 6.14. The van der Waals surface area contributed by atoms with E-state index in [0.717, 1.165) is 31.2 Å². The zero-order chi connectivity index (χ0) is 13.6. The van der Waals surface area contributed by atoms with Gasteiger partial charge in [0.05, 0.1) is 5.60 Å². The molecule has 0 unspecified atom stereocenters. The van der Waals surface area contributed by atoms with Crippen molar-refractivity contribution in [1.82, 2.24) is 4.98 Å². The summed E-state index contributed by atoms with van der Waals surface area (Å²) in [5.41, 5.74) is 0.259. The lowest BCUT2D eigenvalue weighted by Gasteiger charge is -2.30. The topological polar surface area (TPSA) is 33.1 Å². The van der Waals surface area contributed by atoms with E-state index >= 15 is 0 Å². The largest absolute Gasteiger partial charge is 0.385 e. The van der Waals surface area contributed by atoms with Gasteiger partial charge in [0.2, 0.25) is 0 Å². The number of hydrogen-bond acceptors (Lipinski definition) is 2. The summed E-state index contributed by atoms with van der Waals surface area (Å²) in [6, 6.07) is 3.90. The van der Waals surface area contributed by atoms with Crippen LogP contribution >= 0.6 is 0 Å². The van der Waals surface area contributed by atoms with Crippen molar-refractivity contribution in [3.8, 4) is 0 Å². The van der Waals surface area contributed by atoms with Crippen LogP contribution < -0.4 is 0 Å². The van der Waals surface area contributed by atoms with Crippen LogP contribution in [0.4, 0.5) is 0 Å². The predicted molar refractivity (Wildman–Crippen MR) is 76.3 cm³/mol. The standard InChI is InChI=1S/C16H27NO/c1-13(2)7-9-16(18,10-8-14(3)4)15-6-5-11-17-12-15/h5-6,11-14,18H,7-10H2,1-4H3. The molecule has 1 N–H and O–H groups in total. The zero-order valence-electron chi connectivity index (χ0n) is 12.2. The van der Waals surface area contributed by atoms with Crippen LogP contribution in [0.1, 0.15) is 58.9 Å². The molecule has 102 valence electrons. The first-order chi connectivity index (χ1) is 8.44. The highest BCUT2D eigenvalue weighted by molar-refractivity contribution is 5.17. The number of rotatable bonds is 7. The summed E-state index contributed by atoms with van der Waals surface area (Å²) in [6.07, 6.45) is 7.30. The Labute approximate surface area is 111 Å². The number of aliphatic hydroxyl groups is 1. The van der Waals surface area contributed by atoms with Gasteiger partial charge in [-0.1, -0.05) is 33.8 Å². The van der Waals surface area contributed by atoms with Crippen molar-refractivity contribution in [2.24, 2.45) is 11.8 Å². The van der Waals surface area contributed by atoms with Crippen molar-refractivity contribution in [2.75, 3.05) is 0 Å². The molecule has 1 rings (SSSR count). The predicted octanol–water partition coefficient (Wildman–Crippen LogP) is 4.14. The smallest absolute Gasteiger partial charge is 0.0911 e. The third-order valence-electron chi connectivity index (χ3n) is 3.47. The highest BCUT2D eigenvalue weighted by Crippen LogP contribution is 2.33. The Morgan fingerprint density at radius 2 is 1.67 bits per heavy atom. The van der Waals surface area contributed by atoms with Crippen molar-refractivity contribution in [3.63, 3.8) is 0 Å². The van der Waals surface area contributed by atoms with E-state index in [9.17, 15) is 5.11 Å². The summed E-state index contributed by atoms with van der Waals surface area (Å²) in [4.78, 5) is 4.14. The Bertz CT molecular complexity index is 320. The summed E-state index contributed by atoms with van der Waals surface area (Å²) in [6.45, 7) is 8.80. The monoisotopic (exact) mass is 249 g/mol. The Morgan fingerprint density at radius 3 is 2.06 bits per heavy atom. The molecular weight excluding hydrogens is 222 g/mol. The maximum atomic E-state index is 10.9. The molecule has 1 aromatic rings. The van der Waals surface area contributed by atoms with Crippen molar-refractivity contribution < 1.29 is 5.11 Å². The van der Waals surface area contributed by atoms with Gasteiger partial charge in [-0.3, -0.25) is 4.98 Å². The van der Waals surface area contributed by atoms with Crippen molar-refractivity contribution in [3.05, 3.63) is 30.1 Å². The summed E-state index contributed by atoms with van der Waals surface area (Å²) in [7, 11) is 0.